The van der Waals surface area contributed by atoms with E-state index in [0.29, 0.717) is 88.1 Å². The van der Waals surface area contributed by atoms with Crippen molar-refractivity contribution in [3.05, 3.63) is 116 Å². The summed E-state index contributed by atoms with van der Waals surface area (Å²) in [7, 11) is -1.27. The molecule has 0 unspecified atom stereocenters. The largest absolute Gasteiger partial charge is 0.493 e. The Balaban J connectivity index is 1.10. The number of ether oxygens (including phenoxy) is 4. The van der Waals surface area contributed by atoms with Crippen LogP contribution >= 0.6 is 0 Å². The fourth-order valence-electron chi connectivity index (χ4n) is 8.06. The number of rotatable bonds is 20. The second kappa shape index (κ2) is 22.3. The lowest BCUT2D eigenvalue weighted by Gasteiger charge is -2.41. The van der Waals surface area contributed by atoms with Crippen LogP contribution in [0.2, 0.25) is 36.3 Å². The minimum atomic E-state index is -2.14. The van der Waals surface area contributed by atoms with Crippen LogP contribution in [0, 0.1) is 0 Å². The van der Waals surface area contributed by atoms with E-state index in [0.717, 1.165) is 16.8 Å². The zero-order valence-corrected chi connectivity index (χ0v) is 44.9. The van der Waals surface area contributed by atoms with E-state index in [1.807, 2.05) is 29.2 Å². The van der Waals surface area contributed by atoms with Gasteiger partial charge >= 0.3 is 0 Å². The molecule has 0 aliphatic carbocycles. The van der Waals surface area contributed by atoms with Gasteiger partial charge in [0, 0.05) is 28.8 Å². The number of methoxy groups -OCH3 is 2. The number of amides is 2. The summed E-state index contributed by atoms with van der Waals surface area (Å²) in [5.41, 5.74) is 23.7. The van der Waals surface area contributed by atoms with Gasteiger partial charge in [0.15, 0.2) is 39.6 Å². The molecule has 17 nitrogen and oxygen atoms in total. The molecular formula is C51H69N9O8Si2. The Bertz CT molecular complexity index is 2640. The lowest BCUT2D eigenvalue weighted by atomic mass is 9.93. The highest BCUT2D eigenvalue weighted by Gasteiger charge is 2.42. The molecule has 19 heteroatoms. The van der Waals surface area contributed by atoms with Gasteiger partial charge in [-0.1, -0.05) is 76.0 Å². The molecule has 2 atom stereocenters. The quantitative estimate of drug-likeness (QED) is 0.0271. The fraction of sp³-hybridized carbons (Fsp3) is 0.510. The number of hydrogen-bond acceptors (Lipinski definition) is 11. The van der Waals surface area contributed by atoms with Crippen molar-refractivity contribution >= 4 is 45.5 Å². The molecule has 0 N–H and O–H groups in total. The Morgan fingerprint density at radius 1 is 0.686 bits per heavy atom. The molecule has 0 saturated heterocycles. The Morgan fingerprint density at radius 3 is 1.70 bits per heavy atom. The van der Waals surface area contributed by atoms with Crippen molar-refractivity contribution in [1.29, 1.82) is 0 Å². The third-order valence-electron chi connectivity index (χ3n) is 14.3. The van der Waals surface area contributed by atoms with Gasteiger partial charge in [-0.2, -0.15) is 0 Å². The molecule has 4 aromatic rings. The number of aromatic nitrogens is 1. The summed E-state index contributed by atoms with van der Waals surface area (Å²) < 4.78 is 37.0. The Labute approximate surface area is 414 Å². The van der Waals surface area contributed by atoms with Gasteiger partial charge < -0.3 is 37.6 Å². The minimum Gasteiger partial charge on any atom is -0.493 e. The Hall–Kier alpha value is -6.08. The van der Waals surface area contributed by atoms with Crippen LogP contribution in [0.1, 0.15) is 98.2 Å². The standard InChI is InChI=1S/C51H69N9O8Si2/c1-50(2,3)69(9,10)67-32-37-24-34-18-14-15-19-35(34)31-59(37)48(61)39-26-44(63-7)46(28-41(39)55-57-52)65-22-16-13-17-23-66-47-29-42(56-58-53)40(27-45(47)64-8)49(62)60-38(25-36-30-54-21-20-43(36)60)33-68-70(11,12)51(4,5)6/h14-15,18-21,26-30,37-38H,13,16-17,22-25,31-33H2,1-12H3/t37-,38-/m0/s1. The van der Waals surface area contributed by atoms with Crippen molar-refractivity contribution in [3.8, 4) is 23.0 Å². The van der Waals surface area contributed by atoms with E-state index >= 15 is 0 Å². The van der Waals surface area contributed by atoms with Crippen LogP contribution in [0.15, 0.2) is 77.2 Å². The monoisotopic (exact) mass is 991 g/mol. The number of pyridine rings is 1. The van der Waals surface area contributed by atoms with Gasteiger partial charge in [-0.3, -0.25) is 14.6 Å². The molecular weight excluding hydrogens is 923 g/mol. The average molecular weight is 992 g/mol. The number of fused-ring (bicyclic) bond motifs is 2. The van der Waals surface area contributed by atoms with E-state index in [1.165, 1.54) is 25.8 Å². The van der Waals surface area contributed by atoms with Gasteiger partial charge in [0.05, 0.1) is 80.9 Å². The Morgan fingerprint density at radius 2 is 1.19 bits per heavy atom. The zero-order chi connectivity index (χ0) is 51.0. The van der Waals surface area contributed by atoms with Crippen molar-refractivity contribution < 1.29 is 37.4 Å². The SMILES string of the molecule is COc1cc(C(=O)N2Cc3ccccc3C[C@H]2CO[Si](C)(C)C(C)(C)C)c(N=[N+]=[N-])cc1OCCCCCOc1cc(N=[N+]=[N-])c(C(=O)N2c3ccncc3C[C@H]2CO[Si](C)(C)C(C)(C)C)cc1OC. The molecule has 0 spiro atoms. The minimum absolute atomic E-state index is 0.00196. The first-order valence-electron chi connectivity index (χ1n) is 23.9. The number of hydrogen-bond donors (Lipinski definition) is 0. The lowest BCUT2D eigenvalue weighted by Crippen LogP contribution is -2.50. The van der Waals surface area contributed by atoms with Gasteiger partial charge in [-0.25, -0.2) is 0 Å². The molecule has 6 rings (SSSR count). The maximum atomic E-state index is 14.5. The first-order valence-corrected chi connectivity index (χ1v) is 29.7. The number of carbonyl (C=O) groups excluding carboxylic acids is 2. The molecule has 2 aliphatic heterocycles. The van der Waals surface area contributed by atoms with Crippen LogP contribution < -0.4 is 23.8 Å². The first kappa shape index (κ1) is 53.3. The molecule has 0 fully saturated rings. The molecule has 0 saturated carbocycles. The van der Waals surface area contributed by atoms with Gasteiger partial charge in [0.1, 0.15) is 0 Å². The topological polar surface area (TPSA) is 206 Å². The molecule has 2 aliphatic rings. The van der Waals surface area contributed by atoms with Crippen LogP contribution in [0.4, 0.5) is 17.1 Å². The highest BCUT2D eigenvalue weighted by molar-refractivity contribution is 6.74. The van der Waals surface area contributed by atoms with Crippen LogP contribution in [0.5, 0.6) is 23.0 Å². The number of azide groups is 2. The summed E-state index contributed by atoms with van der Waals surface area (Å²) in [5, 5.41) is 7.84. The molecule has 3 aromatic carbocycles. The predicted octanol–water partition coefficient (Wildman–Crippen LogP) is 12.8. The fourth-order valence-corrected chi connectivity index (χ4v) is 10.1. The number of nitrogens with zero attached hydrogens (tertiary/aromatic N) is 9. The van der Waals surface area contributed by atoms with E-state index in [9.17, 15) is 20.7 Å². The van der Waals surface area contributed by atoms with Crippen LogP contribution in [-0.4, -0.2) is 91.1 Å². The van der Waals surface area contributed by atoms with Crippen molar-refractivity contribution in [1.82, 2.24) is 9.88 Å². The molecule has 0 bridgehead atoms. The smallest absolute Gasteiger partial charge is 0.259 e. The summed E-state index contributed by atoms with van der Waals surface area (Å²) in [5.74, 6) is 0.677. The van der Waals surface area contributed by atoms with E-state index in [-0.39, 0.29) is 56.5 Å². The highest BCUT2D eigenvalue weighted by atomic mass is 28.4. The van der Waals surface area contributed by atoms with Gasteiger partial charge in [0.2, 0.25) is 0 Å². The highest BCUT2D eigenvalue weighted by Crippen LogP contribution is 2.43. The molecule has 1 aromatic heterocycles. The van der Waals surface area contributed by atoms with E-state index < -0.39 is 16.6 Å². The van der Waals surface area contributed by atoms with Crippen LogP contribution in [0.3, 0.4) is 0 Å². The zero-order valence-electron chi connectivity index (χ0n) is 42.9. The van der Waals surface area contributed by atoms with Gasteiger partial charge in [-0.15, -0.1) is 0 Å². The normalized spacial score (nSPS) is 15.8. The van der Waals surface area contributed by atoms with Gasteiger partial charge in [-0.05, 0) is 126 Å². The number of benzene rings is 3. The summed E-state index contributed by atoms with van der Waals surface area (Å²) in [6, 6.07) is 15.7. The maximum Gasteiger partial charge on any atom is 0.259 e. The Kier molecular flexibility index (Phi) is 17.0. The summed E-state index contributed by atoms with van der Waals surface area (Å²) in [6.07, 6.45) is 6.62. The second-order valence-electron chi connectivity index (χ2n) is 20.9. The molecule has 0 radical (unpaired) electrons. The molecule has 2 amide bonds. The molecule has 3 heterocycles. The second-order valence-corrected chi connectivity index (χ2v) is 30.5. The number of unbranched alkanes of at least 4 members (excludes halogenated alkanes) is 2. The van der Waals surface area contributed by atoms with Crippen molar-refractivity contribution in [2.75, 3.05) is 45.5 Å². The molecule has 70 heavy (non-hydrogen) atoms. The molecule has 374 valence electrons. The first-order chi connectivity index (χ1) is 33.1. The third-order valence-corrected chi connectivity index (χ3v) is 23.3. The van der Waals surface area contributed by atoms with Crippen molar-refractivity contribution in [3.63, 3.8) is 0 Å². The summed E-state index contributed by atoms with van der Waals surface area (Å²) in [6.45, 7) is 23.6. The summed E-state index contributed by atoms with van der Waals surface area (Å²) in [4.78, 5) is 43.0. The average Bonchev–Trinajstić information content (AvgIpc) is 3.69. The predicted molar refractivity (Wildman–Crippen MR) is 277 cm³/mol. The number of carbonyl (C=O) groups is 2. The van der Waals surface area contributed by atoms with Gasteiger partial charge in [0.25, 0.3) is 11.8 Å². The van der Waals surface area contributed by atoms with Crippen LogP contribution in [0.25, 0.3) is 20.9 Å². The lowest BCUT2D eigenvalue weighted by molar-refractivity contribution is 0.0554. The van der Waals surface area contributed by atoms with Crippen molar-refractivity contribution in [2.45, 2.75) is 129 Å². The van der Waals surface area contributed by atoms with E-state index in [2.05, 4.69) is 98.8 Å². The van der Waals surface area contributed by atoms with Crippen LogP contribution in [-0.2, 0) is 28.2 Å². The van der Waals surface area contributed by atoms with Crippen molar-refractivity contribution in [2.24, 2.45) is 10.2 Å². The summed E-state index contributed by atoms with van der Waals surface area (Å²) >= 11 is 0. The van der Waals surface area contributed by atoms with E-state index in [4.69, 9.17) is 27.8 Å². The third kappa shape index (κ3) is 12.1. The number of anilines is 1. The van der Waals surface area contributed by atoms with E-state index in [1.54, 1.807) is 35.5 Å². The maximum absolute atomic E-state index is 14.5.